The van der Waals surface area contributed by atoms with E-state index in [2.05, 4.69) is 23.9 Å². The van der Waals surface area contributed by atoms with Crippen LogP contribution in [-0.4, -0.2) is 50.9 Å². The van der Waals surface area contributed by atoms with Crippen molar-refractivity contribution in [2.45, 2.75) is 82.6 Å². The number of nitrogens with zero attached hydrogens (tertiary/aromatic N) is 3. The van der Waals surface area contributed by atoms with E-state index in [1.165, 1.54) is 24.2 Å². The van der Waals surface area contributed by atoms with Gasteiger partial charge in [-0.15, -0.1) is 11.3 Å². The number of aromatic nitrogens is 2. The number of ether oxygens (including phenoxy) is 1. The van der Waals surface area contributed by atoms with Crippen LogP contribution >= 0.6 is 11.3 Å². The van der Waals surface area contributed by atoms with Crippen LogP contribution < -0.4 is 10.3 Å². The van der Waals surface area contributed by atoms with Gasteiger partial charge in [0.2, 0.25) is 0 Å². The molecule has 2 aliphatic rings. The molecule has 0 amide bonds. The number of aliphatic hydroxyl groups excluding tert-OH is 1. The summed E-state index contributed by atoms with van der Waals surface area (Å²) in [4.78, 5) is 21.3. The zero-order valence-corrected chi connectivity index (χ0v) is 20.3. The van der Waals surface area contributed by atoms with Gasteiger partial charge >= 0.3 is 0 Å². The zero-order chi connectivity index (χ0) is 22.9. The second-order valence-electron chi connectivity index (χ2n) is 9.58. The smallest absolute Gasteiger partial charge is 0.275 e. The minimum absolute atomic E-state index is 0.0501. The number of hydrogen-bond donors (Lipinski definition) is 1. The summed E-state index contributed by atoms with van der Waals surface area (Å²) in [6.07, 6.45) is 9.61. The molecule has 2 bridgehead atoms. The molecule has 2 aliphatic heterocycles. The molecule has 7 heteroatoms. The third-order valence-electron chi connectivity index (χ3n) is 7.31. The van der Waals surface area contributed by atoms with Crippen LogP contribution in [0.15, 0.2) is 41.5 Å². The highest BCUT2D eigenvalue weighted by molar-refractivity contribution is 7.18. The summed E-state index contributed by atoms with van der Waals surface area (Å²) < 4.78 is 8.57. The van der Waals surface area contributed by atoms with Gasteiger partial charge in [-0.25, -0.2) is 4.98 Å². The van der Waals surface area contributed by atoms with Crippen LogP contribution in [0.1, 0.15) is 56.7 Å². The van der Waals surface area contributed by atoms with E-state index in [0.717, 1.165) is 60.4 Å². The third kappa shape index (κ3) is 4.72. The number of aryl methyl sites for hydroxylation is 1. The Labute approximate surface area is 198 Å². The minimum atomic E-state index is -0.282. The van der Waals surface area contributed by atoms with E-state index in [1.54, 1.807) is 10.9 Å². The lowest BCUT2D eigenvalue weighted by Crippen LogP contribution is -2.43. The number of hydrogen-bond acceptors (Lipinski definition) is 6. The summed E-state index contributed by atoms with van der Waals surface area (Å²) in [6.45, 7) is 2.08. The zero-order valence-electron chi connectivity index (χ0n) is 19.4. The summed E-state index contributed by atoms with van der Waals surface area (Å²) in [5.41, 5.74) is 1.47. The van der Waals surface area contributed by atoms with Crippen LogP contribution in [0.25, 0.3) is 15.9 Å². The molecule has 33 heavy (non-hydrogen) atoms. The highest BCUT2D eigenvalue weighted by Crippen LogP contribution is 2.36. The molecule has 6 nitrogen and oxygen atoms in total. The van der Waals surface area contributed by atoms with Crippen molar-refractivity contribution in [3.05, 3.63) is 51.9 Å². The highest BCUT2D eigenvalue weighted by Gasteiger charge is 2.39. The summed E-state index contributed by atoms with van der Waals surface area (Å²) in [7, 11) is 2.24. The van der Waals surface area contributed by atoms with E-state index < -0.39 is 0 Å². The van der Waals surface area contributed by atoms with E-state index in [4.69, 9.17) is 4.74 Å². The van der Waals surface area contributed by atoms with Gasteiger partial charge in [0.1, 0.15) is 22.9 Å². The first-order valence-corrected chi connectivity index (χ1v) is 13.0. The molecule has 2 fully saturated rings. The van der Waals surface area contributed by atoms with Crippen molar-refractivity contribution >= 4 is 21.6 Å². The fourth-order valence-corrected chi connectivity index (χ4v) is 6.45. The van der Waals surface area contributed by atoms with Crippen molar-refractivity contribution in [2.75, 3.05) is 7.05 Å². The van der Waals surface area contributed by atoms with Crippen LogP contribution in [0, 0.1) is 0 Å². The maximum atomic E-state index is 13.1. The van der Waals surface area contributed by atoms with E-state index >= 15 is 0 Å². The summed E-state index contributed by atoms with van der Waals surface area (Å²) in [5.74, 6) is 0.860. The second kappa shape index (κ2) is 9.57. The molecule has 5 rings (SSSR count). The van der Waals surface area contributed by atoms with Crippen LogP contribution in [0.4, 0.5) is 0 Å². The van der Waals surface area contributed by atoms with Gasteiger partial charge in [-0.1, -0.05) is 13.3 Å². The van der Waals surface area contributed by atoms with Crippen LogP contribution in [0.3, 0.4) is 0 Å². The molecule has 0 aliphatic carbocycles. The van der Waals surface area contributed by atoms with E-state index in [9.17, 15) is 9.90 Å². The van der Waals surface area contributed by atoms with Gasteiger partial charge in [-0.2, -0.15) is 0 Å². The SMILES string of the molecule is CCCC(O)CCc1cc2ncn(-c3ccc(O[C@H]4C[C@H]5CC[C@@H](C4)N5C)cc3)c(=O)c2s1. The second-order valence-corrected chi connectivity index (χ2v) is 10.7. The fourth-order valence-electron chi connectivity index (χ4n) is 5.39. The lowest BCUT2D eigenvalue weighted by molar-refractivity contribution is 0.0662. The molecular formula is C26H33N3O3S. The van der Waals surface area contributed by atoms with Crippen molar-refractivity contribution < 1.29 is 9.84 Å². The van der Waals surface area contributed by atoms with E-state index in [-0.39, 0.29) is 17.8 Å². The molecule has 1 N–H and O–H groups in total. The molecule has 1 aromatic carbocycles. The molecule has 4 heterocycles. The minimum Gasteiger partial charge on any atom is -0.490 e. The normalized spacial score (nSPS) is 23.8. The number of aliphatic hydroxyl groups is 1. The molecule has 2 aromatic heterocycles. The Bertz CT molecular complexity index is 1140. The Kier molecular flexibility index (Phi) is 6.54. The average molecular weight is 468 g/mol. The standard InChI is InChI=1S/C26H33N3O3S/c1-3-4-20(30)9-12-23-15-24-25(33-23)26(31)29(16-27-24)17-7-10-21(11-8-17)32-22-13-18-5-6-19(14-22)28(18)2/h7-8,10-11,15-16,18-20,22,30H,3-6,9,12-14H2,1-2H3/t18-,19+,20?,22+. The van der Waals surface area contributed by atoms with Crippen LogP contribution in [0.2, 0.25) is 0 Å². The van der Waals surface area contributed by atoms with Gasteiger partial charge in [-0.05, 0) is 82.3 Å². The number of thiophene rings is 1. The Morgan fingerprint density at radius 3 is 2.61 bits per heavy atom. The lowest BCUT2D eigenvalue weighted by Gasteiger charge is -2.36. The Morgan fingerprint density at radius 2 is 1.91 bits per heavy atom. The van der Waals surface area contributed by atoms with Gasteiger partial charge in [0, 0.05) is 17.0 Å². The summed E-state index contributed by atoms with van der Waals surface area (Å²) >= 11 is 1.49. The van der Waals surface area contributed by atoms with Gasteiger partial charge in [0.05, 0.1) is 17.3 Å². The van der Waals surface area contributed by atoms with Gasteiger partial charge in [-0.3, -0.25) is 9.36 Å². The fraction of sp³-hybridized carbons (Fsp3) is 0.538. The molecule has 176 valence electrons. The van der Waals surface area contributed by atoms with Crippen molar-refractivity contribution in [2.24, 2.45) is 0 Å². The van der Waals surface area contributed by atoms with Crippen LogP contribution in [-0.2, 0) is 6.42 Å². The maximum absolute atomic E-state index is 13.1. The molecular weight excluding hydrogens is 434 g/mol. The van der Waals surface area contributed by atoms with Gasteiger partial charge in [0.25, 0.3) is 5.56 Å². The first kappa shape index (κ1) is 22.6. The number of piperidine rings is 1. The van der Waals surface area contributed by atoms with Gasteiger partial charge < -0.3 is 14.7 Å². The predicted octanol–water partition coefficient (Wildman–Crippen LogP) is 4.54. The quantitative estimate of drug-likeness (QED) is 0.527. The van der Waals surface area contributed by atoms with Crippen molar-refractivity contribution in [1.82, 2.24) is 14.5 Å². The number of fused-ring (bicyclic) bond motifs is 3. The molecule has 0 spiro atoms. The first-order chi connectivity index (χ1) is 16.0. The molecule has 0 radical (unpaired) electrons. The lowest BCUT2D eigenvalue weighted by atomic mass is 10.0. The molecule has 4 atom stereocenters. The number of rotatable bonds is 8. The Morgan fingerprint density at radius 1 is 1.18 bits per heavy atom. The molecule has 1 unspecified atom stereocenters. The topological polar surface area (TPSA) is 67.6 Å². The van der Waals surface area contributed by atoms with Gasteiger partial charge in [0.15, 0.2) is 0 Å². The first-order valence-electron chi connectivity index (χ1n) is 12.2. The maximum Gasteiger partial charge on any atom is 0.275 e. The molecule has 0 saturated carbocycles. The largest absolute Gasteiger partial charge is 0.490 e. The monoisotopic (exact) mass is 467 g/mol. The summed E-state index contributed by atoms with van der Waals surface area (Å²) in [5, 5.41) is 10.0. The molecule has 3 aromatic rings. The Balaban J connectivity index is 1.28. The highest BCUT2D eigenvalue weighted by atomic mass is 32.1. The van der Waals surface area contributed by atoms with E-state index in [1.807, 2.05) is 30.3 Å². The molecule has 2 saturated heterocycles. The Hall–Kier alpha value is -2.22. The third-order valence-corrected chi connectivity index (χ3v) is 8.48. The predicted molar refractivity (Wildman–Crippen MR) is 133 cm³/mol. The number of benzene rings is 1. The van der Waals surface area contributed by atoms with Crippen LogP contribution in [0.5, 0.6) is 5.75 Å². The van der Waals surface area contributed by atoms with Crippen molar-refractivity contribution in [3.63, 3.8) is 0 Å². The van der Waals surface area contributed by atoms with Crippen molar-refractivity contribution in [3.8, 4) is 11.4 Å². The average Bonchev–Trinajstić information content (AvgIpc) is 3.30. The van der Waals surface area contributed by atoms with E-state index in [0.29, 0.717) is 16.8 Å². The van der Waals surface area contributed by atoms with Crippen molar-refractivity contribution in [1.29, 1.82) is 0 Å². The summed E-state index contributed by atoms with van der Waals surface area (Å²) in [6, 6.07) is 11.1.